The van der Waals surface area contributed by atoms with E-state index in [1.54, 1.807) is 11.8 Å². The number of thiazole rings is 1. The minimum absolute atomic E-state index is 0.185. The van der Waals surface area contributed by atoms with Gasteiger partial charge in [-0.15, -0.1) is 11.3 Å². The third kappa shape index (κ3) is 6.25. The summed E-state index contributed by atoms with van der Waals surface area (Å²) in [6.45, 7) is 15.3. The number of rotatable bonds is 6. The summed E-state index contributed by atoms with van der Waals surface area (Å²) in [5.41, 5.74) is 9.41. The van der Waals surface area contributed by atoms with Gasteiger partial charge >= 0.3 is 0 Å². The standard InChI is InChI=1S/C21H31N3OS2/c1-13-9-8-10-14(2)15(13)23-18(25)16-17(22)24-19(27-16)26-12-21(6,7)11-20(3,4)5/h8-10H,11-12,22H2,1-7H3,(H,23,25). The fourth-order valence-electron chi connectivity index (χ4n) is 3.46. The molecule has 0 atom stereocenters. The van der Waals surface area contributed by atoms with Crippen LogP contribution in [0.25, 0.3) is 0 Å². The third-order valence-corrected chi connectivity index (χ3v) is 6.89. The van der Waals surface area contributed by atoms with E-state index in [2.05, 4.69) is 44.9 Å². The molecule has 6 heteroatoms. The molecule has 27 heavy (non-hydrogen) atoms. The van der Waals surface area contributed by atoms with Crippen LogP contribution < -0.4 is 11.1 Å². The van der Waals surface area contributed by atoms with Crippen LogP contribution >= 0.6 is 23.1 Å². The smallest absolute Gasteiger partial charge is 0.269 e. The number of benzene rings is 1. The molecule has 3 N–H and O–H groups in total. The summed E-state index contributed by atoms with van der Waals surface area (Å²) in [6.07, 6.45) is 1.12. The van der Waals surface area contributed by atoms with Crippen LogP contribution in [-0.2, 0) is 0 Å². The molecule has 0 spiro atoms. The molecule has 0 unspecified atom stereocenters. The number of amides is 1. The Bertz CT molecular complexity index is 799. The minimum atomic E-state index is -0.191. The van der Waals surface area contributed by atoms with Crippen molar-refractivity contribution in [2.45, 2.75) is 59.2 Å². The Kier molecular flexibility index (Phi) is 6.63. The normalized spacial score (nSPS) is 12.3. The van der Waals surface area contributed by atoms with Crippen LogP contribution in [-0.4, -0.2) is 16.6 Å². The van der Waals surface area contributed by atoms with Gasteiger partial charge in [-0.3, -0.25) is 4.79 Å². The lowest BCUT2D eigenvalue weighted by Gasteiger charge is -2.31. The van der Waals surface area contributed by atoms with Crippen molar-refractivity contribution in [1.29, 1.82) is 0 Å². The highest BCUT2D eigenvalue weighted by molar-refractivity contribution is 8.01. The number of carbonyl (C=O) groups is 1. The zero-order chi connectivity index (χ0) is 20.4. The maximum atomic E-state index is 12.7. The van der Waals surface area contributed by atoms with Gasteiger partial charge in [0, 0.05) is 11.4 Å². The van der Waals surface area contributed by atoms with Crippen molar-refractivity contribution >= 4 is 40.5 Å². The molecule has 0 radical (unpaired) electrons. The van der Waals surface area contributed by atoms with Crippen molar-refractivity contribution in [2.75, 3.05) is 16.8 Å². The van der Waals surface area contributed by atoms with Crippen LogP contribution in [0.2, 0.25) is 0 Å². The van der Waals surface area contributed by atoms with Crippen LogP contribution in [0.5, 0.6) is 0 Å². The van der Waals surface area contributed by atoms with E-state index in [1.807, 2.05) is 32.0 Å². The lowest BCUT2D eigenvalue weighted by Crippen LogP contribution is -2.22. The minimum Gasteiger partial charge on any atom is -0.382 e. The number of anilines is 2. The predicted octanol–water partition coefficient (Wildman–Crippen LogP) is 6.15. The Morgan fingerprint density at radius 1 is 1.19 bits per heavy atom. The van der Waals surface area contributed by atoms with Crippen molar-refractivity contribution in [3.8, 4) is 0 Å². The Labute approximate surface area is 171 Å². The average Bonchev–Trinajstić information content (AvgIpc) is 2.88. The molecule has 0 aliphatic heterocycles. The SMILES string of the molecule is Cc1cccc(C)c1NC(=O)c1sc(SCC(C)(C)CC(C)(C)C)nc1N. The van der Waals surface area contributed by atoms with Gasteiger partial charge in [0.2, 0.25) is 0 Å². The molecule has 2 aromatic rings. The number of aryl methyl sites for hydroxylation is 2. The lowest BCUT2D eigenvalue weighted by molar-refractivity contribution is 0.103. The van der Waals surface area contributed by atoms with Crippen LogP contribution in [0, 0.1) is 24.7 Å². The summed E-state index contributed by atoms with van der Waals surface area (Å²) in [4.78, 5) is 17.6. The molecule has 148 valence electrons. The summed E-state index contributed by atoms with van der Waals surface area (Å²) >= 11 is 3.05. The molecule has 1 aromatic heterocycles. The molecular weight excluding hydrogens is 374 g/mol. The van der Waals surface area contributed by atoms with E-state index < -0.39 is 0 Å². The number of carbonyl (C=O) groups excluding carboxylic acids is 1. The molecule has 1 amide bonds. The highest BCUT2D eigenvalue weighted by Gasteiger charge is 2.26. The van der Waals surface area contributed by atoms with E-state index in [1.165, 1.54) is 11.3 Å². The monoisotopic (exact) mass is 405 g/mol. The molecule has 0 fully saturated rings. The molecular formula is C21H31N3OS2. The van der Waals surface area contributed by atoms with Crippen LogP contribution in [0.4, 0.5) is 11.5 Å². The van der Waals surface area contributed by atoms with Crippen molar-refractivity contribution in [3.05, 3.63) is 34.2 Å². The lowest BCUT2D eigenvalue weighted by atomic mass is 9.77. The van der Waals surface area contributed by atoms with E-state index in [4.69, 9.17) is 5.73 Å². The number of nitrogens with two attached hydrogens (primary N) is 1. The maximum absolute atomic E-state index is 12.7. The van der Waals surface area contributed by atoms with Crippen LogP contribution in [0.15, 0.2) is 22.5 Å². The molecule has 0 aliphatic rings. The molecule has 0 bridgehead atoms. The first-order valence-electron chi connectivity index (χ1n) is 9.15. The number of nitrogens with zero attached hydrogens (tertiary/aromatic N) is 1. The van der Waals surface area contributed by atoms with E-state index in [9.17, 15) is 4.79 Å². The van der Waals surface area contributed by atoms with Crippen molar-refractivity contribution in [3.63, 3.8) is 0 Å². The Balaban J connectivity index is 2.08. The summed E-state index contributed by atoms with van der Waals surface area (Å²) in [7, 11) is 0. The zero-order valence-corrected chi connectivity index (χ0v) is 19.0. The first-order valence-corrected chi connectivity index (χ1v) is 10.9. The van der Waals surface area contributed by atoms with Crippen molar-refractivity contribution in [2.24, 2.45) is 10.8 Å². The second kappa shape index (κ2) is 8.23. The summed E-state index contributed by atoms with van der Waals surface area (Å²) in [5.74, 6) is 1.05. The molecule has 1 heterocycles. The number of para-hydroxylation sites is 1. The van der Waals surface area contributed by atoms with Crippen molar-refractivity contribution < 1.29 is 4.79 Å². The topological polar surface area (TPSA) is 68.0 Å². The Morgan fingerprint density at radius 2 is 1.78 bits per heavy atom. The van der Waals surface area contributed by atoms with E-state index in [-0.39, 0.29) is 16.7 Å². The van der Waals surface area contributed by atoms with E-state index >= 15 is 0 Å². The Hall–Kier alpha value is -1.53. The van der Waals surface area contributed by atoms with Gasteiger partial charge in [-0.2, -0.15) is 0 Å². The van der Waals surface area contributed by atoms with Gasteiger partial charge in [-0.25, -0.2) is 4.98 Å². The van der Waals surface area contributed by atoms with Crippen LogP contribution in [0.1, 0.15) is 61.8 Å². The van der Waals surface area contributed by atoms with Gasteiger partial charge in [0.1, 0.15) is 10.7 Å². The molecule has 0 saturated heterocycles. The summed E-state index contributed by atoms with van der Waals surface area (Å²) in [6, 6.07) is 5.95. The molecule has 1 aromatic carbocycles. The number of aromatic nitrogens is 1. The van der Waals surface area contributed by atoms with Gasteiger partial charge in [0.05, 0.1) is 0 Å². The quantitative estimate of drug-likeness (QED) is 0.566. The average molecular weight is 406 g/mol. The van der Waals surface area contributed by atoms with E-state index in [0.717, 1.165) is 33.3 Å². The third-order valence-electron chi connectivity index (χ3n) is 4.15. The molecule has 0 saturated carbocycles. The largest absolute Gasteiger partial charge is 0.382 e. The number of thioether (sulfide) groups is 1. The first kappa shape index (κ1) is 21.8. The number of hydrogen-bond acceptors (Lipinski definition) is 5. The second-order valence-electron chi connectivity index (χ2n) is 9.11. The van der Waals surface area contributed by atoms with Gasteiger partial charge < -0.3 is 11.1 Å². The summed E-state index contributed by atoms with van der Waals surface area (Å²) in [5, 5.41) is 2.99. The molecule has 0 aliphatic carbocycles. The van der Waals surface area contributed by atoms with Crippen molar-refractivity contribution in [1.82, 2.24) is 4.98 Å². The van der Waals surface area contributed by atoms with Crippen LogP contribution in [0.3, 0.4) is 0 Å². The fraction of sp³-hybridized carbons (Fsp3) is 0.524. The Morgan fingerprint density at radius 3 is 2.33 bits per heavy atom. The zero-order valence-electron chi connectivity index (χ0n) is 17.4. The van der Waals surface area contributed by atoms with Gasteiger partial charge in [0.25, 0.3) is 5.91 Å². The van der Waals surface area contributed by atoms with Gasteiger partial charge in [-0.1, -0.05) is 64.6 Å². The maximum Gasteiger partial charge on any atom is 0.269 e. The highest BCUT2D eigenvalue weighted by Crippen LogP contribution is 2.39. The molecule has 2 rings (SSSR count). The number of nitrogens with one attached hydrogen (secondary N) is 1. The van der Waals surface area contributed by atoms with Gasteiger partial charge in [0.15, 0.2) is 4.34 Å². The predicted molar refractivity (Wildman–Crippen MR) is 119 cm³/mol. The highest BCUT2D eigenvalue weighted by atomic mass is 32.2. The van der Waals surface area contributed by atoms with Gasteiger partial charge in [-0.05, 0) is 42.2 Å². The first-order chi connectivity index (χ1) is 12.4. The second-order valence-corrected chi connectivity index (χ2v) is 11.3. The molecule has 4 nitrogen and oxygen atoms in total. The fourth-order valence-corrected chi connectivity index (χ4v) is 5.52. The summed E-state index contributed by atoms with van der Waals surface area (Å²) < 4.78 is 0.848. The number of hydrogen-bond donors (Lipinski definition) is 2. The number of nitrogen functional groups attached to an aromatic ring is 1. The van der Waals surface area contributed by atoms with E-state index in [0.29, 0.717) is 10.7 Å².